The van der Waals surface area contributed by atoms with Crippen molar-refractivity contribution in [1.82, 2.24) is 15.5 Å². The van der Waals surface area contributed by atoms with E-state index in [-0.39, 0.29) is 6.04 Å². The molecule has 3 rings (SSSR count). The summed E-state index contributed by atoms with van der Waals surface area (Å²) in [6, 6.07) is 12.3. The van der Waals surface area contributed by atoms with Crippen LogP contribution in [0.5, 0.6) is 5.75 Å². The average molecular weight is 415 g/mol. The number of ether oxygens (including phenoxy) is 2. The number of hydrogen-bond acceptors (Lipinski definition) is 5. The Morgan fingerprint density at radius 1 is 1.17 bits per heavy atom. The van der Waals surface area contributed by atoms with Crippen LogP contribution in [0.15, 0.2) is 52.1 Å². The zero-order chi connectivity index (χ0) is 21.0. The van der Waals surface area contributed by atoms with Crippen LogP contribution < -0.4 is 15.4 Å². The van der Waals surface area contributed by atoms with Gasteiger partial charge < -0.3 is 24.5 Å². The molecule has 1 fully saturated rings. The minimum atomic E-state index is 0.249. The van der Waals surface area contributed by atoms with E-state index in [0.717, 1.165) is 50.1 Å². The zero-order valence-corrected chi connectivity index (χ0v) is 18.1. The van der Waals surface area contributed by atoms with Gasteiger partial charge in [-0.2, -0.15) is 0 Å². The predicted molar refractivity (Wildman–Crippen MR) is 119 cm³/mol. The second kappa shape index (κ2) is 12.2. The number of likely N-dealkylation sites (tertiary alicyclic amines) is 1. The summed E-state index contributed by atoms with van der Waals surface area (Å²) in [5.41, 5.74) is 1.22. The van der Waals surface area contributed by atoms with Gasteiger partial charge >= 0.3 is 0 Å². The molecule has 1 aromatic carbocycles. The number of guanidine groups is 1. The maximum absolute atomic E-state index is 5.63. The molecule has 7 nitrogen and oxygen atoms in total. The number of nitrogens with zero attached hydrogens (tertiary/aromatic N) is 2. The van der Waals surface area contributed by atoms with Gasteiger partial charge in [0, 0.05) is 32.3 Å². The third kappa shape index (κ3) is 6.50. The van der Waals surface area contributed by atoms with Crippen LogP contribution in [0.4, 0.5) is 0 Å². The van der Waals surface area contributed by atoms with Crippen LogP contribution >= 0.6 is 0 Å². The molecule has 0 aliphatic carbocycles. The Bertz CT molecular complexity index is 758. The molecule has 2 aromatic rings. The SMILES string of the molecule is CN=C(NCCCOCc1ccco1)NCC(c1ccccc1OC)N1CCCC1. The highest BCUT2D eigenvalue weighted by atomic mass is 16.5. The van der Waals surface area contributed by atoms with Gasteiger partial charge in [-0.3, -0.25) is 9.89 Å². The lowest BCUT2D eigenvalue weighted by molar-refractivity contribution is 0.105. The molecule has 0 bridgehead atoms. The van der Waals surface area contributed by atoms with Crippen molar-refractivity contribution < 1.29 is 13.9 Å². The van der Waals surface area contributed by atoms with Crippen LogP contribution in [0.1, 0.15) is 36.6 Å². The fourth-order valence-electron chi connectivity index (χ4n) is 3.79. The second-order valence-electron chi connectivity index (χ2n) is 7.37. The van der Waals surface area contributed by atoms with Gasteiger partial charge in [0.05, 0.1) is 19.4 Å². The summed E-state index contributed by atoms with van der Waals surface area (Å²) in [7, 11) is 3.54. The minimum absolute atomic E-state index is 0.249. The first-order chi connectivity index (χ1) is 14.8. The lowest BCUT2D eigenvalue weighted by Gasteiger charge is -2.30. The number of methoxy groups -OCH3 is 1. The molecule has 2 N–H and O–H groups in total. The molecule has 0 radical (unpaired) electrons. The molecule has 7 heteroatoms. The molecule has 0 saturated carbocycles. The molecule has 30 heavy (non-hydrogen) atoms. The van der Waals surface area contributed by atoms with Crippen molar-refractivity contribution in [2.45, 2.75) is 31.9 Å². The molecule has 1 saturated heterocycles. The largest absolute Gasteiger partial charge is 0.496 e. The van der Waals surface area contributed by atoms with Crippen molar-refractivity contribution in [1.29, 1.82) is 0 Å². The molecular formula is C23H34N4O3. The Labute approximate surface area is 179 Å². The Kier molecular flexibility index (Phi) is 9.05. The third-order valence-corrected chi connectivity index (χ3v) is 5.35. The van der Waals surface area contributed by atoms with Gasteiger partial charge in [-0.1, -0.05) is 18.2 Å². The maximum atomic E-state index is 5.63. The third-order valence-electron chi connectivity index (χ3n) is 5.35. The van der Waals surface area contributed by atoms with Crippen molar-refractivity contribution in [3.63, 3.8) is 0 Å². The molecule has 2 heterocycles. The lowest BCUT2D eigenvalue weighted by atomic mass is 10.0. The molecule has 164 valence electrons. The fourth-order valence-corrected chi connectivity index (χ4v) is 3.79. The van der Waals surface area contributed by atoms with E-state index in [1.165, 1.54) is 18.4 Å². The highest BCUT2D eigenvalue weighted by Crippen LogP contribution is 2.31. The minimum Gasteiger partial charge on any atom is -0.496 e. The monoisotopic (exact) mass is 414 g/mol. The van der Waals surface area contributed by atoms with E-state index in [9.17, 15) is 0 Å². The standard InChI is InChI=1S/C23H34N4O3/c1-24-23(25-12-8-15-29-18-19-9-7-16-30-19)26-17-21(27-13-5-6-14-27)20-10-3-4-11-22(20)28-2/h3-4,7,9-11,16,21H,5-6,8,12-15,17-18H2,1-2H3,(H2,24,25,26). The van der Waals surface area contributed by atoms with E-state index in [1.807, 2.05) is 24.3 Å². The number of nitrogens with one attached hydrogen (secondary N) is 2. The number of aliphatic imine (C=N–C) groups is 1. The predicted octanol–water partition coefficient (Wildman–Crippen LogP) is 3.20. The van der Waals surface area contributed by atoms with E-state index in [4.69, 9.17) is 13.9 Å². The number of para-hydroxylation sites is 1. The molecule has 1 aliphatic rings. The van der Waals surface area contributed by atoms with Crippen molar-refractivity contribution in [2.24, 2.45) is 4.99 Å². The van der Waals surface area contributed by atoms with Crippen molar-refractivity contribution in [3.8, 4) is 5.75 Å². The van der Waals surface area contributed by atoms with Crippen LogP contribution in [0.3, 0.4) is 0 Å². The second-order valence-corrected chi connectivity index (χ2v) is 7.37. The van der Waals surface area contributed by atoms with Crippen LogP contribution in [0.2, 0.25) is 0 Å². The molecule has 1 aromatic heterocycles. The topological polar surface area (TPSA) is 71.3 Å². The Morgan fingerprint density at radius 2 is 2.00 bits per heavy atom. The van der Waals surface area contributed by atoms with Gasteiger partial charge in [0.1, 0.15) is 18.1 Å². The van der Waals surface area contributed by atoms with Crippen molar-refractivity contribution in [3.05, 3.63) is 54.0 Å². The average Bonchev–Trinajstić information content (AvgIpc) is 3.49. The fraction of sp³-hybridized carbons (Fsp3) is 0.522. The normalized spacial score (nSPS) is 15.9. The molecule has 1 aliphatic heterocycles. The van der Waals surface area contributed by atoms with Gasteiger partial charge in [-0.05, 0) is 50.6 Å². The van der Waals surface area contributed by atoms with Gasteiger partial charge in [-0.25, -0.2) is 0 Å². The number of furan rings is 1. The zero-order valence-electron chi connectivity index (χ0n) is 18.1. The van der Waals surface area contributed by atoms with Gasteiger partial charge in [-0.15, -0.1) is 0 Å². The van der Waals surface area contributed by atoms with Crippen LogP contribution in [-0.2, 0) is 11.3 Å². The summed E-state index contributed by atoms with van der Waals surface area (Å²) in [5, 5.41) is 6.87. The van der Waals surface area contributed by atoms with Crippen molar-refractivity contribution >= 4 is 5.96 Å². The first kappa shape index (κ1) is 22.2. The van der Waals surface area contributed by atoms with Crippen LogP contribution in [0, 0.1) is 0 Å². The maximum Gasteiger partial charge on any atom is 0.191 e. The Hall–Kier alpha value is -2.51. The number of hydrogen-bond donors (Lipinski definition) is 2. The summed E-state index contributed by atoms with van der Waals surface area (Å²) in [5.74, 6) is 2.60. The van der Waals surface area contributed by atoms with E-state index in [1.54, 1.807) is 20.4 Å². The highest BCUT2D eigenvalue weighted by Gasteiger charge is 2.25. The smallest absolute Gasteiger partial charge is 0.191 e. The number of rotatable bonds is 11. The Balaban J connectivity index is 1.46. The molecule has 0 amide bonds. The number of benzene rings is 1. The quantitative estimate of drug-likeness (QED) is 0.334. The molecular weight excluding hydrogens is 380 g/mol. The Morgan fingerprint density at radius 3 is 2.73 bits per heavy atom. The van der Waals surface area contributed by atoms with Crippen LogP contribution in [-0.4, -0.2) is 57.8 Å². The summed E-state index contributed by atoms with van der Waals surface area (Å²) in [6.07, 6.45) is 5.05. The van der Waals surface area contributed by atoms with Gasteiger partial charge in [0.15, 0.2) is 5.96 Å². The molecule has 1 unspecified atom stereocenters. The van der Waals surface area contributed by atoms with E-state index in [0.29, 0.717) is 13.2 Å². The lowest BCUT2D eigenvalue weighted by Crippen LogP contribution is -2.43. The summed E-state index contributed by atoms with van der Waals surface area (Å²) >= 11 is 0. The van der Waals surface area contributed by atoms with Gasteiger partial charge in [0.2, 0.25) is 0 Å². The van der Waals surface area contributed by atoms with Crippen LogP contribution in [0.25, 0.3) is 0 Å². The van der Waals surface area contributed by atoms with E-state index in [2.05, 4.69) is 32.7 Å². The molecule has 1 atom stereocenters. The summed E-state index contributed by atoms with van der Waals surface area (Å²) in [6.45, 7) is 4.97. The first-order valence-corrected chi connectivity index (χ1v) is 10.7. The van der Waals surface area contributed by atoms with Crippen molar-refractivity contribution in [2.75, 3.05) is 46.9 Å². The summed E-state index contributed by atoms with van der Waals surface area (Å²) in [4.78, 5) is 6.90. The van der Waals surface area contributed by atoms with Gasteiger partial charge in [0.25, 0.3) is 0 Å². The highest BCUT2D eigenvalue weighted by molar-refractivity contribution is 5.79. The summed E-state index contributed by atoms with van der Waals surface area (Å²) < 4.78 is 16.5. The molecule has 0 spiro atoms. The van der Waals surface area contributed by atoms with E-state index < -0.39 is 0 Å². The van der Waals surface area contributed by atoms with E-state index >= 15 is 0 Å². The first-order valence-electron chi connectivity index (χ1n) is 10.7.